The third-order valence-electron chi connectivity index (χ3n) is 3.39. The second-order valence-corrected chi connectivity index (χ2v) is 6.38. The minimum atomic E-state index is -0.585. The van der Waals surface area contributed by atoms with Gasteiger partial charge in [0.05, 0.1) is 27.3 Å². The van der Waals surface area contributed by atoms with E-state index in [1.54, 1.807) is 6.07 Å². The molecule has 0 saturated carbocycles. The average Bonchev–Trinajstić information content (AvgIpc) is 3.03. The van der Waals surface area contributed by atoms with Crippen molar-refractivity contribution in [3.05, 3.63) is 59.4 Å². The minimum Gasteiger partial charge on any atom is -0.456 e. The van der Waals surface area contributed by atoms with Crippen LogP contribution in [0.5, 0.6) is 0 Å². The fourth-order valence-corrected chi connectivity index (χ4v) is 3.17. The second kappa shape index (κ2) is 7.85. The Morgan fingerprint density at radius 1 is 1.12 bits per heavy atom. The predicted molar refractivity (Wildman–Crippen MR) is 93.9 cm³/mol. The largest absolute Gasteiger partial charge is 0.456 e. The fourth-order valence-electron chi connectivity index (χ4n) is 2.20. The van der Waals surface area contributed by atoms with Crippen LogP contribution in [-0.2, 0) is 20.7 Å². The summed E-state index contributed by atoms with van der Waals surface area (Å²) in [5, 5.41) is 3.20. The molecule has 0 spiro atoms. The predicted octanol–water partition coefficient (Wildman–Crippen LogP) is 3.55. The van der Waals surface area contributed by atoms with Crippen molar-refractivity contribution in [2.45, 2.75) is 12.8 Å². The summed E-state index contributed by atoms with van der Waals surface area (Å²) in [4.78, 5) is 27.9. The monoisotopic (exact) mass is 358 g/mol. The van der Waals surface area contributed by atoms with E-state index >= 15 is 0 Å². The Morgan fingerprint density at radius 3 is 2.68 bits per heavy atom. The van der Waals surface area contributed by atoms with E-state index in [1.165, 1.54) is 29.5 Å². The van der Waals surface area contributed by atoms with Crippen molar-refractivity contribution >= 4 is 39.1 Å². The Balaban J connectivity index is 1.44. The number of fused-ring (bicyclic) bond motifs is 1. The molecule has 1 heterocycles. The Labute approximate surface area is 147 Å². The van der Waals surface area contributed by atoms with Crippen LogP contribution < -0.4 is 5.32 Å². The van der Waals surface area contributed by atoms with Gasteiger partial charge in [-0.05, 0) is 24.3 Å². The molecule has 0 atom stereocenters. The van der Waals surface area contributed by atoms with Crippen LogP contribution in [0.3, 0.4) is 0 Å². The van der Waals surface area contributed by atoms with Crippen molar-refractivity contribution in [3.8, 4) is 0 Å². The maximum Gasteiger partial charge on any atom is 0.306 e. The number of rotatable bonds is 6. The lowest BCUT2D eigenvalue weighted by Crippen LogP contribution is -2.21. The van der Waals surface area contributed by atoms with Crippen molar-refractivity contribution in [3.63, 3.8) is 0 Å². The zero-order valence-corrected chi connectivity index (χ0v) is 14.0. The number of hydrogen-bond acceptors (Lipinski definition) is 5. The van der Waals surface area contributed by atoms with E-state index in [9.17, 15) is 14.0 Å². The zero-order valence-electron chi connectivity index (χ0n) is 13.2. The van der Waals surface area contributed by atoms with Gasteiger partial charge < -0.3 is 10.1 Å². The molecule has 0 unspecified atom stereocenters. The van der Waals surface area contributed by atoms with Crippen LogP contribution in [-0.4, -0.2) is 23.5 Å². The van der Waals surface area contributed by atoms with Gasteiger partial charge in [0.15, 0.2) is 6.61 Å². The topological polar surface area (TPSA) is 68.3 Å². The first kappa shape index (κ1) is 17.0. The average molecular weight is 358 g/mol. The molecular weight excluding hydrogens is 343 g/mol. The summed E-state index contributed by atoms with van der Waals surface area (Å²) >= 11 is 1.53. The molecule has 3 aromatic rings. The number of esters is 1. The molecule has 0 aliphatic heterocycles. The number of nitrogens with one attached hydrogen (secondary N) is 1. The Kier molecular flexibility index (Phi) is 5.35. The molecule has 25 heavy (non-hydrogen) atoms. The van der Waals surface area contributed by atoms with E-state index in [1.807, 2.05) is 24.3 Å². The number of benzene rings is 2. The smallest absolute Gasteiger partial charge is 0.306 e. The summed E-state index contributed by atoms with van der Waals surface area (Å²) in [6, 6.07) is 13.5. The van der Waals surface area contributed by atoms with Crippen molar-refractivity contribution in [1.82, 2.24) is 4.98 Å². The van der Waals surface area contributed by atoms with Crippen molar-refractivity contribution < 1.29 is 18.7 Å². The van der Waals surface area contributed by atoms with E-state index in [0.717, 1.165) is 15.2 Å². The zero-order chi connectivity index (χ0) is 17.6. The Bertz CT molecular complexity index is 877. The van der Waals surface area contributed by atoms with Crippen LogP contribution in [0.1, 0.15) is 11.4 Å². The Hall–Kier alpha value is -2.80. The molecule has 0 aliphatic rings. The van der Waals surface area contributed by atoms with E-state index in [0.29, 0.717) is 6.42 Å². The first-order valence-corrected chi connectivity index (χ1v) is 8.48. The molecule has 2 aromatic carbocycles. The van der Waals surface area contributed by atoms with Gasteiger partial charge in [0.25, 0.3) is 5.91 Å². The molecule has 0 fully saturated rings. The van der Waals surface area contributed by atoms with Gasteiger partial charge in [0, 0.05) is 6.42 Å². The minimum absolute atomic E-state index is 0.0537. The fraction of sp³-hybridized carbons (Fsp3) is 0.167. The number of aryl methyl sites for hydroxylation is 1. The molecule has 0 radical (unpaired) electrons. The van der Waals surface area contributed by atoms with Gasteiger partial charge in [-0.3, -0.25) is 9.59 Å². The molecule has 1 aromatic heterocycles. The lowest BCUT2D eigenvalue weighted by atomic mass is 10.3. The number of aromatic nitrogens is 1. The van der Waals surface area contributed by atoms with Crippen molar-refractivity contribution in [1.29, 1.82) is 0 Å². The Morgan fingerprint density at radius 2 is 1.88 bits per heavy atom. The van der Waals surface area contributed by atoms with Crippen molar-refractivity contribution in [2.75, 3.05) is 11.9 Å². The third-order valence-corrected chi connectivity index (χ3v) is 4.49. The van der Waals surface area contributed by atoms with Crippen LogP contribution in [0.2, 0.25) is 0 Å². The maximum absolute atomic E-state index is 13.4. The first-order chi connectivity index (χ1) is 12.1. The second-order valence-electron chi connectivity index (χ2n) is 5.26. The van der Waals surface area contributed by atoms with Crippen LogP contribution in [0.25, 0.3) is 10.2 Å². The van der Waals surface area contributed by atoms with E-state index in [-0.39, 0.29) is 12.1 Å². The lowest BCUT2D eigenvalue weighted by molar-refractivity contribution is -0.147. The normalized spacial score (nSPS) is 10.6. The molecule has 1 amide bonds. The lowest BCUT2D eigenvalue weighted by Gasteiger charge is -2.07. The van der Waals surface area contributed by atoms with Crippen LogP contribution in [0.15, 0.2) is 48.5 Å². The highest BCUT2D eigenvalue weighted by Crippen LogP contribution is 2.22. The first-order valence-electron chi connectivity index (χ1n) is 7.66. The van der Waals surface area contributed by atoms with Crippen molar-refractivity contribution in [2.24, 2.45) is 0 Å². The molecule has 0 bridgehead atoms. The summed E-state index contributed by atoms with van der Waals surface area (Å²) in [7, 11) is 0. The number of halogens is 1. The quantitative estimate of drug-likeness (QED) is 0.684. The summed E-state index contributed by atoms with van der Waals surface area (Å²) in [5.74, 6) is -1.63. The molecular formula is C18H15FN2O3S. The molecule has 128 valence electrons. The summed E-state index contributed by atoms with van der Waals surface area (Å²) in [6.07, 6.45) is 0.583. The number of carbonyl (C=O) groups is 2. The number of carbonyl (C=O) groups excluding carboxylic acids is 2. The number of hydrogen-bond donors (Lipinski definition) is 1. The molecule has 1 N–H and O–H groups in total. The van der Waals surface area contributed by atoms with Gasteiger partial charge in [0.1, 0.15) is 5.82 Å². The summed E-state index contributed by atoms with van der Waals surface area (Å²) in [6.45, 7) is -0.451. The highest BCUT2D eigenvalue weighted by molar-refractivity contribution is 7.18. The summed E-state index contributed by atoms with van der Waals surface area (Å²) in [5.41, 5.74) is 0.957. The molecule has 5 nitrogen and oxygen atoms in total. The van der Waals surface area contributed by atoms with Gasteiger partial charge in [-0.25, -0.2) is 9.37 Å². The van der Waals surface area contributed by atoms with Crippen LogP contribution in [0, 0.1) is 5.82 Å². The van der Waals surface area contributed by atoms with Crippen LogP contribution >= 0.6 is 11.3 Å². The molecule has 0 aliphatic carbocycles. The SMILES string of the molecule is O=C(COC(=O)CCc1nc2ccccc2s1)Nc1ccccc1F. The number of thiazole rings is 1. The standard InChI is InChI=1S/C18H15FN2O3S/c19-12-5-1-2-6-13(12)20-16(22)11-24-18(23)10-9-17-21-14-7-3-4-8-15(14)25-17/h1-8H,9-11H2,(H,20,22). The maximum atomic E-state index is 13.4. The van der Waals surface area contributed by atoms with Gasteiger partial charge in [-0.1, -0.05) is 24.3 Å². The third kappa shape index (κ3) is 4.60. The van der Waals surface area contributed by atoms with E-state index < -0.39 is 24.3 Å². The van der Waals surface area contributed by atoms with E-state index in [4.69, 9.17) is 4.74 Å². The van der Waals surface area contributed by atoms with Gasteiger partial charge in [0.2, 0.25) is 0 Å². The molecule has 0 saturated heterocycles. The van der Waals surface area contributed by atoms with E-state index in [2.05, 4.69) is 10.3 Å². The van der Waals surface area contributed by atoms with Gasteiger partial charge in [-0.2, -0.15) is 0 Å². The summed E-state index contributed by atoms with van der Waals surface area (Å²) < 4.78 is 19.4. The van der Waals surface area contributed by atoms with Gasteiger partial charge in [-0.15, -0.1) is 11.3 Å². The molecule has 3 rings (SSSR count). The number of nitrogens with zero attached hydrogens (tertiary/aromatic N) is 1. The molecule has 7 heteroatoms. The van der Waals surface area contributed by atoms with Crippen LogP contribution in [0.4, 0.5) is 10.1 Å². The number of anilines is 1. The van der Waals surface area contributed by atoms with Gasteiger partial charge >= 0.3 is 5.97 Å². The number of para-hydroxylation sites is 2. The number of amides is 1. The highest BCUT2D eigenvalue weighted by atomic mass is 32.1. The highest BCUT2D eigenvalue weighted by Gasteiger charge is 2.11. The number of ether oxygens (including phenoxy) is 1.